The third kappa shape index (κ3) is 3.35. The molecule has 0 unspecified atom stereocenters. The van der Waals surface area contributed by atoms with Gasteiger partial charge >= 0.3 is 0 Å². The molecule has 0 saturated heterocycles. The van der Waals surface area contributed by atoms with Crippen molar-refractivity contribution in [3.05, 3.63) is 65.2 Å². The van der Waals surface area contributed by atoms with Crippen LogP contribution in [0.15, 0.2) is 52.8 Å². The van der Waals surface area contributed by atoms with E-state index in [0.29, 0.717) is 11.3 Å². The average Bonchev–Trinajstić information content (AvgIpc) is 2.91. The van der Waals surface area contributed by atoms with Crippen molar-refractivity contribution in [2.45, 2.75) is 6.92 Å². The van der Waals surface area contributed by atoms with Crippen molar-refractivity contribution in [2.24, 2.45) is 5.73 Å². The van der Waals surface area contributed by atoms with E-state index in [-0.39, 0.29) is 5.70 Å². The molecule has 0 fully saturated rings. The van der Waals surface area contributed by atoms with E-state index >= 15 is 0 Å². The number of hydrogen-bond acceptors (Lipinski definition) is 3. The Balaban J connectivity index is 2.18. The Kier molecular flexibility index (Phi) is 4.00. The van der Waals surface area contributed by atoms with Gasteiger partial charge in [-0.15, -0.1) is 0 Å². The molecule has 0 aliphatic rings. The van der Waals surface area contributed by atoms with Gasteiger partial charge < -0.3 is 15.5 Å². The number of amides is 2. The normalized spacial score (nSPS) is 11.2. The Morgan fingerprint density at radius 3 is 2.45 bits per heavy atom. The Hall–Kier alpha value is -2.82. The molecule has 0 aliphatic heterocycles. The molecular weight excluding hydrogens is 256 g/mol. The van der Waals surface area contributed by atoms with Crippen molar-refractivity contribution in [3.63, 3.8) is 0 Å². The van der Waals surface area contributed by atoms with Gasteiger partial charge in [-0.2, -0.15) is 0 Å². The summed E-state index contributed by atoms with van der Waals surface area (Å²) in [6.07, 6.45) is 2.85. The predicted octanol–water partition coefficient (Wildman–Crippen LogP) is 1.84. The summed E-state index contributed by atoms with van der Waals surface area (Å²) < 4.78 is 5.08. The first kappa shape index (κ1) is 13.6. The Bertz CT molecular complexity index is 640. The van der Waals surface area contributed by atoms with Gasteiger partial charge in [0.2, 0.25) is 0 Å². The number of rotatable bonds is 4. The summed E-state index contributed by atoms with van der Waals surface area (Å²) in [4.78, 5) is 23.4. The maximum atomic E-state index is 12.0. The molecule has 5 heteroatoms. The third-order valence-corrected chi connectivity index (χ3v) is 2.66. The molecule has 102 valence electrons. The summed E-state index contributed by atoms with van der Waals surface area (Å²) in [6.45, 7) is 1.92. The summed E-state index contributed by atoms with van der Waals surface area (Å²) >= 11 is 0. The lowest BCUT2D eigenvalue weighted by atomic mass is 10.1. The van der Waals surface area contributed by atoms with Crippen molar-refractivity contribution < 1.29 is 14.0 Å². The molecule has 0 aliphatic carbocycles. The van der Waals surface area contributed by atoms with Crippen molar-refractivity contribution >= 4 is 17.9 Å². The second kappa shape index (κ2) is 5.88. The maximum Gasteiger partial charge on any atom is 0.265 e. The highest BCUT2D eigenvalue weighted by Gasteiger charge is 2.12. The van der Waals surface area contributed by atoms with Gasteiger partial charge in [-0.3, -0.25) is 9.59 Å². The van der Waals surface area contributed by atoms with Crippen LogP contribution in [0.1, 0.15) is 21.7 Å². The Labute approximate surface area is 116 Å². The predicted molar refractivity (Wildman–Crippen MR) is 74.5 cm³/mol. The van der Waals surface area contributed by atoms with Gasteiger partial charge in [0.25, 0.3) is 11.8 Å². The second-order valence-corrected chi connectivity index (χ2v) is 4.26. The molecule has 20 heavy (non-hydrogen) atoms. The van der Waals surface area contributed by atoms with Gasteiger partial charge in [0.1, 0.15) is 11.5 Å². The zero-order chi connectivity index (χ0) is 14.5. The van der Waals surface area contributed by atoms with Crippen LogP contribution in [-0.4, -0.2) is 11.8 Å². The van der Waals surface area contributed by atoms with E-state index in [1.165, 1.54) is 12.3 Å². The maximum absolute atomic E-state index is 12.0. The SMILES string of the molecule is Cc1ccc(C(=O)NC(=Cc2ccco2)C(N)=O)cc1. The minimum Gasteiger partial charge on any atom is -0.465 e. The average molecular weight is 270 g/mol. The van der Waals surface area contributed by atoms with Crippen molar-refractivity contribution in [1.82, 2.24) is 5.32 Å². The van der Waals surface area contributed by atoms with Gasteiger partial charge in [-0.25, -0.2) is 0 Å². The van der Waals surface area contributed by atoms with Gasteiger partial charge in [-0.1, -0.05) is 17.7 Å². The first-order valence-electron chi connectivity index (χ1n) is 5.99. The number of nitrogens with one attached hydrogen (secondary N) is 1. The van der Waals surface area contributed by atoms with Crippen LogP contribution < -0.4 is 11.1 Å². The number of furan rings is 1. The standard InChI is InChI=1S/C15H14N2O3/c1-10-4-6-11(7-5-10)15(19)17-13(14(16)18)9-12-3-2-8-20-12/h2-9H,1H3,(H2,16,18)(H,17,19). The molecule has 1 heterocycles. The van der Waals surface area contributed by atoms with E-state index < -0.39 is 11.8 Å². The van der Waals surface area contributed by atoms with E-state index in [1.54, 1.807) is 24.3 Å². The molecule has 3 N–H and O–H groups in total. The van der Waals surface area contributed by atoms with E-state index in [2.05, 4.69) is 5.32 Å². The summed E-state index contributed by atoms with van der Waals surface area (Å²) in [7, 11) is 0. The van der Waals surface area contributed by atoms with E-state index in [4.69, 9.17) is 10.2 Å². The van der Waals surface area contributed by atoms with Crippen LogP contribution in [0.3, 0.4) is 0 Å². The van der Waals surface area contributed by atoms with E-state index in [0.717, 1.165) is 5.56 Å². The Morgan fingerprint density at radius 2 is 1.90 bits per heavy atom. The highest BCUT2D eigenvalue weighted by atomic mass is 16.3. The molecule has 0 radical (unpaired) electrons. The molecule has 1 aromatic heterocycles. The number of carbonyl (C=O) groups is 2. The van der Waals surface area contributed by atoms with Gasteiger partial charge in [0.05, 0.1) is 6.26 Å². The third-order valence-electron chi connectivity index (χ3n) is 2.66. The van der Waals surface area contributed by atoms with E-state index in [9.17, 15) is 9.59 Å². The van der Waals surface area contributed by atoms with Crippen LogP contribution in [-0.2, 0) is 4.79 Å². The number of carbonyl (C=O) groups excluding carboxylic acids is 2. The van der Waals surface area contributed by atoms with Crippen LogP contribution >= 0.6 is 0 Å². The van der Waals surface area contributed by atoms with Crippen LogP contribution in [0.4, 0.5) is 0 Å². The lowest BCUT2D eigenvalue weighted by Gasteiger charge is -2.06. The topological polar surface area (TPSA) is 85.3 Å². The second-order valence-electron chi connectivity index (χ2n) is 4.26. The fraction of sp³-hybridized carbons (Fsp3) is 0.0667. The van der Waals surface area contributed by atoms with Crippen molar-refractivity contribution in [3.8, 4) is 0 Å². The number of primary amides is 1. The molecule has 2 aromatic rings. The zero-order valence-electron chi connectivity index (χ0n) is 10.9. The quantitative estimate of drug-likeness (QED) is 0.831. The van der Waals surface area contributed by atoms with Crippen LogP contribution in [0.25, 0.3) is 6.08 Å². The summed E-state index contributed by atoms with van der Waals surface area (Å²) in [6, 6.07) is 10.3. The summed E-state index contributed by atoms with van der Waals surface area (Å²) in [5, 5.41) is 2.48. The minimum absolute atomic E-state index is 0.0227. The first-order valence-corrected chi connectivity index (χ1v) is 5.99. The van der Waals surface area contributed by atoms with Crippen molar-refractivity contribution in [1.29, 1.82) is 0 Å². The molecule has 0 atom stereocenters. The van der Waals surface area contributed by atoms with Gasteiger partial charge in [-0.05, 0) is 31.2 Å². The fourth-order valence-electron chi connectivity index (χ4n) is 1.58. The lowest BCUT2D eigenvalue weighted by Crippen LogP contribution is -2.31. The van der Waals surface area contributed by atoms with Crippen LogP contribution in [0.5, 0.6) is 0 Å². The molecule has 0 bridgehead atoms. The molecule has 2 amide bonds. The highest BCUT2D eigenvalue weighted by molar-refractivity contribution is 6.04. The smallest absolute Gasteiger partial charge is 0.265 e. The zero-order valence-corrected chi connectivity index (χ0v) is 10.9. The monoisotopic (exact) mass is 270 g/mol. The van der Waals surface area contributed by atoms with Crippen LogP contribution in [0.2, 0.25) is 0 Å². The molecular formula is C15H14N2O3. The molecule has 0 spiro atoms. The number of nitrogens with two attached hydrogens (primary N) is 1. The number of benzene rings is 1. The van der Waals surface area contributed by atoms with Gasteiger partial charge in [0.15, 0.2) is 0 Å². The Morgan fingerprint density at radius 1 is 1.20 bits per heavy atom. The highest BCUT2D eigenvalue weighted by Crippen LogP contribution is 2.08. The van der Waals surface area contributed by atoms with Crippen LogP contribution in [0, 0.1) is 6.92 Å². The lowest BCUT2D eigenvalue weighted by molar-refractivity contribution is -0.114. The molecule has 2 rings (SSSR count). The first-order chi connectivity index (χ1) is 9.56. The molecule has 0 saturated carbocycles. The minimum atomic E-state index is -0.734. The summed E-state index contributed by atoms with van der Waals surface area (Å²) in [5.74, 6) is -0.702. The number of hydrogen-bond donors (Lipinski definition) is 2. The van der Waals surface area contributed by atoms with Crippen molar-refractivity contribution in [2.75, 3.05) is 0 Å². The summed E-state index contributed by atoms with van der Waals surface area (Å²) in [5.41, 5.74) is 6.71. The fourth-order valence-corrected chi connectivity index (χ4v) is 1.58. The van der Waals surface area contributed by atoms with Gasteiger partial charge in [0, 0.05) is 11.6 Å². The number of aryl methyl sites for hydroxylation is 1. The van der Waals surface area contributed by atoms with E-state index in [1.807, 2.05) is 19.1 Å². The molecule has 1 aromatic carbocycles. The largest absolute Gasteiger partial charge is 0.465 e. The molecule has 5 nitrogen and oxygen atoms in total.